The van der Waals surface area contributed by atoms with E-state index in [1.165, 1.54) is 38.5 Å². The smallest absolute Gasteiger partial charge is 0.234 e. The standard InChI is InChI=1S/C15H26N2O/c1-10(14(16)18)17(2)9-15-6-11-3-12(7-15)5-13(4-11)8-15/h10-13H,3-9H2,1-2H3,(H2,16,18)/t10-,11?,12?,13?,15?/m0/s1. The Hall–Kier alpha value is -0.570. The van der Waals surface area contributed by atoms with E-state index in [1.807, 2.05) is 6.92 Å². The Bertz CT molecular complexity index is 317. The second kappa shape index (κ2) is 4.22. The summed E-state index contributed by atoms with van der Waals surface area (Å²) in [5.41, 5.74) is 5.93. The van der Waals surface area contributed by atoms with E-state index in [4.69, 9.17) is 5.73 Å². The van der Waals surface area contributed by atoms with Crippen LogP contribution in [-0.4, -0.2) is 30.4 Å². The first-order chi connectivity index (χ1) is 8.47. The van der Waals surface area contributed by atoms with Crippen LogP contribution < -0.4 is 5.73 Å². The van der Waals surface area contributed by atoms with Crippen LogP contribution in [0.25, 0.3) is 0 Å². The lowest BCUT2D eigenvalue weighted by atomic mass is 9.49. The van der Waals surface area contributed by atoms with Gasteiger partial charge >= 0.3 is 0 Å². The van der Waals surface area contributed by atoms with Gasteiger partial charge in [0.05, 0.1) is 6.04 Å². The molecule has 4 saturated carbocycles. The summed E-state index contributed by atoms with van der Waals surface area (Å²) < 4.78 is 0. The molecule has 2 N–H and O–H groups in total. The van der Waals surface area contributed by atoms with Crippen molar-refractivity contribution < 1.29 is 4.79 Å². The maximum Gasteiger partial charge on any atom is 0.234 e. The third kappa shape index (κ3) is 2.07. The third-order valence-electron chi connectivity index (χ3n) is 5.82. The molecule has 4 aliphatic rings. The predicted molar refractivity (Wildman–Crippen MR) is 71.9 cm³/mol. The third-order valence-corrected chi connectivity index (χ3v) is 5.82. The van der Waals surface area contributed by atoms with Gasteiger partial charge in [0.25, 0.3) is 0 Å². The molecule has 4 fully saturated rings. The number of nitrogens with two attached hydrogens (primary N) is 1. The monoisotopic (exact) mass is 250 g/mol. The van der Waals surface area contributed by atoms with Gasteiger partial charge in [-0.3, -0.25) is 9.69 Å². The maximum absolute atomic E-state index is 11.3. The average Bonchev–Trinajstić information content (AvgIpc) is 2.24. The Balaban J connectivity index is 1.70. The van der Waals surface area contributed by atoms with Gasteiger partial charge in [-0.15, -0.1) is 0 Å². The zero-order valence-corrected chi connectivity index (χ0v) is 11.7. The SMILES string of the molecule is C[C@@H](C(N)=O)N(C)CC12CC3CC(CC(C3)C1)C2. The van der Waals surface area contributed by atoms with Crippen LogP contribution in [0.1, 0.15) is 45.4 Å². The molecule has 1 amide bonds. The highest BCUT2D eigenvalue weighted by Crippen LogP contribution is 2.60. The van der Waals surface area contributed by atoms with Crippen LogP contribution in [0.5, 0.6) is 0 Å². The Kier molecular flexibility index (Phi) is 2.92. The summed E-state index contributed by atoms with van der Waals surface area (Å²) in [6.45, 7) is 3.00. The zero-order chi connectivity index (χ0) is 12.9. The first-order valence-electron chi connectivity index (χ1n) is 7.47. The number of primary amides is 1. The molecule has 18 heavy (non-hydrogen) atoms. The minimum Gasteiger partial charge on any atom is -0.368 e. The van der Waals surface area contributed by atoms with Gasteiger partial charge in [-0.05, 0) is 75.7 Å². The summed E-state index contributed by atoms with van der Waals surface area (Å²) in [5, 5.41) is 0. The van der Waals surface area contributed by atoms with Crippen molar-refractivity contribution in [3.63, 3.8) is 0 Å². The molecular weight excluding hydrogens is 224 g/mol. The molecule has 1 atom stereocenters. The number of likely N-dealkylation sites (N-methyl/N-ethyl adjacent to an activating group) is 1. The largest absolute Gasteiger partial charge is 0.368 e. The summed E-state index contributed by atoms with van der Waals surface area (Å²) in [4.78, 5) is 13.5. The highest BCUT2D eigenvalue weighted by atomic mass is 16.1. The highest BCUT2D eigenvalue weighted by molar-refractivity contribution is 5.79. The Morgan fingerprint density at radius 3 is 2.06 bits per heavy atom. The van der Waals surface area contributed by atoms with Crippen LogP contribution in [0.4, 0.5) is 0 Å². The Morgan fingerprint density at radius 1 is 1.22 bits per heavy atom. The molecule has 0 aromatic rings. The van der Waals surface area contributed by atoms with Gasteiger partial charge in [-0.2, -0.15) is 0 Å². The lowest BCUT2D eigenvalue weighted by molar-refractivity contribution is -0.124. The molecule has 0 aromatic carbocycles. The molecule has 3 nitrogen and oxygen atoms in total. The van der Waals surface area contributed by atoms with Gasteiger partial charge in [-0.25, -0.2) is 0 Å². The lowest BCUT2D eigenvalue weighted by Gasteiger charge is -2.58. The number of carbonyl (C=O) groups is 1. The van der Waals surface area contributed by atoms with Gasteiger partial charge < -0.3 is 5.73 Å². The first kappa shape index (κ1) is 12.5. The number of hydrogen-bond acceptors (Lipinski definition) is 2. The summed E-state index contributed by atoms with van der Waals surface area (Å²) in [6, 6.07) is -0.127. The van der Waals surface area contributed by atoms with Crippen molar-refractivity contribution in [2.75, 3.05) is 13.6 Å². The van der Waals surface area contributed by atoms with Gasteiger partial charge in [0.2, 0.25) is 5.91 Å². The second-order valence-electron chi connectivity index (χ2n) is 7.41. The van der Waals surface area contributed by atoms with Crippen molar-refractivity contribution >= 4 is 5.91 Å². The first-order valence-corrected chi connectivity index (χ1v) is 7.47. The van der Waals surface area contributed by atoms with E-state index in [1.54, 1.807) is 0 Å². The molecule has 4 rings (SSSR count). The Morgan fingerprint density at radius 2 is 1.67 bits per heavy atom. The molecule has 102 valence electrons. The molecule has 3 heteroatoms. The Labute approximate surface area is 110 Å². The molecule has 0 spiro atoms. The summed E-state index contributed by atoms with van der Waals surface area (Å²) in [5.74, 6) is 2.75. The summed E-state index contributed by atoms with van der Waals surface area (Å²) >= 11 is 0. The fraction of sp³-hybridized carbons (Fsp3) is 0.933. The number of amides is 1. The fourth-order valence-electron chi connectivity index (χ4n) is 5.37. The molecule has 0 unspecified atom stereocenters. The summed E-state index contributed by atoms with van der Waals surface area (Å²) in [6.07, 6.45) is 8.63. The fourth-order valence-corrected chi connectivity index (χ4v) is 5.37. The van der Waals surface area contributed by atoms with Gasteiger partial charge in [0.15, 0.2) is 0 Å². The van der Waals surface area contributed by atoms with Crippen LogP contribution in [-0.2, 0) is 4.79 Å². The van der Waals surface area contributed by atoms with Crippen LogP contribution in [0.3, 0.4) is 0 Å². The number of nitrogens with zero attached hydrogens (tertiary/aromatic N) is 1. The predicted octanol–water partition coefficient (Wildman–Crippen LogP) is 2.01. The van der Waals surface area contributed by atoms with Crippen molar-refractivity contribution in [2.45, 2.75) is 51.5 Å². The van der Waals surface area contributed by atoms with Crippen molar-refractivity contribution in [1.29, 1.82) is 0 Å². The normalized spacial score (nSPS) is 43.4. The lowest BCUT2D eigenvalue weighted by Crippen LogP contribution is -2.53. The van der Waals surface area contributed by atoms with Crippen molar-refractivity contribution in [3.05, 3.63) is 0 Å². The van der Waals surface area contributed by atoms with Crippen LogP contribution in [0, 0.1) is 23.2 Å². The second-order valence-corrected chi connectivity index (χ2v) is 7.41. The molecule has 0 radical (unpaired) electrons. The van der Waals surface area contributed by atoms with Crippen LogP contribution >= 0.6 is 0 Å². The minimum absolute atomic E-state index is 0.127. The van der Waals surface area contributed by atoms with Gasteiger partial charge in [-0.1, -0.05) is 0 Å². The van der Waals surface area contributed by atoms with E-state index < -0.39 is 0 Å². The zero-order valence-electron chi connectivity index (χ0n) is 11.7. The van der Waals surface area contributed by atoms with Gasteiger partial charge in [0, 0.05) is 6.54 Å². The molecular formula is C15H26N2O. The summed E-state index contributed by atoms with van der Waals surface area (Å²) in [7, 11) is 2.06. The number of hydrogen-bond donors (Lipinski definition) is 1. The molecule has 0 saturated heterocycles. The van der Waals surface area contributed by atoms with E-state index >= 15 is 0 Å². The van der Waals surface area contributed by atoms with E-state index in [9.17, 15) is 4.79 Å². The maximum atomic E-state index is 11.3. The van der Waals surface area contributed by atoms with Crippen molar-refractivity contribution in [3.8, 4) is 0 Å². The quantitative estimate of drug-likeness (QED) is 0.829. The van der Waals surface area contributed by atoms with E-state index in [0.29, 0.717) is 5.41 Å². The highest BCUT2D eigenvalue weighted by Gasteiger charge is 2.51. The molecule has 0 aliphatic heterocycles. The topological polar surface area (TPSA) is 46.3 Å². The van der Waals surface area contributed by atoms with Crippen molar-refractivity contribution in [2.24, 2.45) is 28.9 Å². The average molecular weight is 250 g/mol. The van der Waals surface area contributed by atoms with Crippen LogP contribution in [0.2, 0.25) is 0 Å². The van der Waals surface area contributed by atoms with Gasteiger partial charge in [0.1, 0.15) is 0 Å². The van der Waals surface area contributed by atoms with Crippen LogP contribution in [0.15, 0.2) is 0 Å². The van der Waals surface area contributed by atoms with Crippen molar-refractivity contribution in [1.82, 2.24) is 4.90 Å². The molecule has 4 aliphatic carbocycles. The molecule has 0 heterocycles. The van der Waals surface area contributed by atoms with E-state index in [0.717, 1.165) is 24.3 Å². The number of carbonyl (C=O) groups excluding carboxylic acids is 1. The minimum atomic E-state index is -0.192. The molecule has 0 aromatic heterocycles. The van der Waals surface area contributed by atoms with E-state index in [-0.39, 0.29) is 11.9 Å². The van der Waals surface area contributed by atoms with E-state index in [2.05, 4.69) is 11.9 Å². The number of rotatable bonds is 4. The molecule has 4 bridgehead atoms.